The van der Waals surface area contributed by atoms with E-state index in [9.17, 15) is 9.59 Å². The molecule has 36 heavy (non-hydrogen) atoms. The van der Waals surface area contributed by atoms with E-state index in [2.05, 4.69) is 26.3 Å². The van der Waals surface area contributed by atoms with Crippen LogP contribution in [0.2, 0.25) is 10.0 Å². The molecule has 0 bridgehead atoms. The molecule has 4 aromatic rings. The topological polar surface area (TPSA) is 98.0 Å². The van der Waals surface area contributed by atoms with Gasteiger partial charge >= 0.3 is 6.03 Å². The van der Waals surface area contributed by atoms with E-state index in [-0.39, 0.29) is 5.91 Å². The van der Waals surface area contributed by atoms with Crippen LogP contribution in [0.25, 0.3) is 11.6 Å². The number of fused-ring (bicyclic) bond motifs is 1. The lowest BCUT2D eigenvalue weighted by Crippen LogP contribution is -2.20. The summed E-state index contributed by atoms with van der Waals surface area (Å²) in [5.74, 6) is -0.149. The molecule has 0 atom stereocenters. The number of aromatic nitrogens is 1. The largest absolute Gasteiger partial charge is 0.362 e. The van der Waals surface area contributed by atoms with E-state index in [0.29, 0.717) is 27.0 Å². The third-order valence-corrected chi connectivity index (χ3v) is 6.33. The highest BCUT2D eigenvalue weighted by atomic mass is 35.5. The Labute approximate surface area is 217 Å². The molecule has 7 nitrogen and oxygen atoms in total. The summed E-state index contributed by atoms with van der Waals surface area (Å²) in [5.41, 5.74) is 6.52. The summed E-state index contributed by atoms with van der Waals surface area (Å²) in [6, 6.07) is 19.5. The number of urea groups is 1. The Balaban J connectivity index is 1.33. The van der Waals surface area contributed by atoms with Crippen LogP contribution in [-0.4, -0.2) is 16.9 Å². The van der Waals surface area contributed by atoms with Gasteiger partial charge in [-0.25, -0.2) is 4.79 Å². The maximum Gasteiger partial charge on any atom is 0.323 e. The molecule has 3 amide bonds. The first-order valence-electron chi connectivity index (χ1n) is 11.1. The molecule has 0 radical (unpaired) electrons. The molecule has 1 aliphatic heterocycles. The molecule has 0 aliphatic carbocycles. The van der Waals surface area contributed by atoms with Crippen molar-refractivity contribution in [1.82, 2.24) is 4.98 Å². The van der Waals surface area contributed by atoms with Gasteiger partial charge in [-0.3, -0.25) is 4.79 Å². The summed E-state index contributed by atoms with van der Waals surface area (Å²) in [4.78, 5) is 28.1. The highest BCUT2D eigenvalue weighted by Gasteiger charge is 2.24. The van der Waals surface area contributed by atoms with Gasteiger partial charge in [-0.1, -0.05) is 41.4 Å². The van der Waals surface area contributed by atoms with E-state index < -0.39 is 6.03 Å². The predicted molar refractivity (Wildman–Crippen MR) is 147 cm³/mol. The van der Waals surface area contributed by atoms with Crippen molar-refractivity contribution in [2.45, 2.75) is 6.92 Å². The monoisotopic (exact) mass is 517 g/mol. The zero-order chi connectivity index (χ0) is 25.2. The van der Waals surface area contributed by atoms with E-state index in [4.69, 9.17) is 23.2 Å². The molecule has 0 spiro atoms. The number of aromatic amines is 1. The molecule has 5 rings (SSSR count). The zero-order valence-corrected chi connectivity index (χ0v) is 20.6. The van der Waals surface area contributed by atoms with E-state index >= 15 is 0 Å². The SMILES string of the molecule is Cc1ccc(NC(=O)Nc2c(Cl)cccc2Cl)cc1Nc1ccc2c(c1)NC(=O)/C2=C\c1ccc[nH]1. The van der Waals surface area contributed by atoms with E-state index in [1.165, 1.54) is 0 Å². The van der Waals surface area contributed by atoms with Gasteiger partial charge in [0.2, 0.25) is 0 Å². The standard InChI is InChI=1S/C27H21Cl2N5O2/c1-15-7-8-18(32-27(36)34-25-21(28)5-2-6-22(25)29)13-23(15)31-17-9-10-19-20(12-16-4-3-11-30-16)26(35)33-24(19)14-17/h2-14,30-31H,1H3,(H,33,35)(H2,32,34,36)/b20-12-. The summed E-state index contributed by atoms with van der Waals surface area (Å²) in [6.45, 7) is 1.96. The normalized spacial score (nSPS) is 13.3. The molecule has 180 valence electrons. The van der Waals surface area contributed by atoms with Crippen LogP contribution in [0.15, 0.2) is 72.9 Å². The van der Waals surface area contributed by atoms with Crippen LogP contribution in [0.3, 0.4) is 0 Å². The Morgan fingerprint density at radius 2 is 1.69 bits per heavy atom. The minimum atomic E-state index is -0.471. The van der Waals surface area contributed by atoms with Gasteiger partial charge in [-0.2, -0.15) is 0 Å². The van der Waals surface area contributed by atoms with E-state index in [0.717, 1.165) is 33.9 Å². The van der Waals surface area contributed by atoms with Gasteiger partial charge in [0.05, 0.1) is 27.0 Å². The molecule has 0 fully saturated rings. The fourth-order valence-corrected chi connectivity index (χ4v) is 4.38. The molecular weight excluding hydrogens is 497 g/mol. The lowest BCUT2D eigenvalue weighted by atomic mass is 10.1. The van der Waals surface area contributed by atoms with Gasteiger partial charge in [-0.15, -0.1) is 0 Å². The number of carbonyl (C=O) groups excluding carboxylic acids is 2. The van der Waals surface area contributed by atoms with Crippen molar-refractivity contribution < 1.29 is 9.59 Å². The van der Waals surface area contributed by atoms with Gasteiger partial charge in [0.15, 0.2) is 0 Å². The second-order valence-electron chi connectivity index (χ2n) is 8.23. The number of amides is 3. The number of anilines is 5. The summed E-state index contributed by atoms with van der Waals surface area (Å²) in [7, 11) is 0. The van der Waals surface area contributed by atoms with Gasteiger partial charge in [0, 0.05) is 34.5 Å². The van der Waals surface area contributed by atoms with Crippen LogP contribution in [0.4, 0.5) is 33.2 Å². The molecule has 1 aromatic heterocycles. The summed E-state index contributed by atoms with van der Waals surface area (Å²) < 4.78 is 0. The number of hydrogen-bond acceptors (Lipinski definition) is 3. The van der Waals surface area contributed by atoms with Crippen molar-refractivity contribution in [3.63, 3.8) is 0 Å². The van der Waals surface area contributed by atoms with Gasteiger partial charge in [0.1, 0.15) is 0 Å². The Kier molecular flexibility index (Phi) is 6.41. The Morgan fingerprint density at radius 1 is 0.917 bits per heavy atom. The summed E-state index contributed by atoms with van der Waals surface area (Å²) >= 11 is 12.3. The quantitative estimate of drug-likeness (QED) is 0.177. The molecule has 3 aromatic carbocycles. The number of benzene rings is 3. The highest BCUT2D eigenvalue weighted by Crippen LogP contribution is 2.36. The van der Waals surface area contributed by atoms with Crippen LogP contribution in [0.1, 0.15) is 16.8 Å². The number of hydrogen-bond donors (Lipinski definition) is 5. The first kappa shape index (κ1) is 23.5. The summed E-state index contributed by atoms with van der Waals surface area (Å²) in [5, 5.41) is 12.5. The number of nitrogens with one attached hydrogen (secondary N) is 5. The van der Waals surface area contributed by atoms with Crippen LogP contribution >= 0.6 is 23.2 Å². The number of para-hydroxylation sites is 1. The average Bonchev–Trinajstić information content (AvgIpc) is 3.46. The lowest BCUT2D eigenvalue weighted by molar-refractivity contribution is -0.110. The van der Waals surface area contributed by atoms with Crippen LogP contribution in [0.5, 0.6) is 0 Å². The number of halogens is 2. The highest BCUT2D eigenvalue weighted by molar-refractivity contribution is 6.40. The Morgan fingerprint density at radius 3 is 2.44 bits per heavy atom. The number of rotatable bonds is 5. The molecule has 2 heterocycles. The molecule has 0 saturated carbocycles. The van der Waals surface area contributed by atoms with Crippen molar-refractivity contribution in [2.75, 3.05) is 21.3 Å². The van der Waals surface area contributed by atoms with Gasteiger partial charge < -0.3 is 26.3 Å². The second-order valence-corrected chi connectivity index (χ2v) is 9.04. The second kappa shape index (κ2) is 9.81. The number of aryl methyl sites for hydroxylation is 1. The van der Waals surface area contributed by atoms with E-state index in [1.54, 1.807) is 24.3 Å². The first-order chi connectivity index (χ1) is 17.4. The molecule has 9 heteroatoms. The average molecular weight is 518 g/mol. The fraction of sp³-hybridized carbons (Fsp3) is 0.0370. The molecule has 5 N–H and O–H groups in total. The van der Waals surface area contributed by atoms with E-state index in [1.807, 2.05) is 61.7 Å². The number of H-pyrrole nitrogens is 1. The minimum absolute atomic E-state index is 0.149. The molecular formula is C27H21Cl2N5O2. The molecule has 0 saturated heterocycles. The van der Waals surface area contributed by atoms with Gasteiger partial charge in [-0.05, 0) is 67.1 Å². The van der Waals surface area contributed by atoms with Gasteiger partial charge in [0.25, 0.3) is 5.91 Å². The minimum Gasteiger partial charge on any atom is -0.362 e. The van der Waals surface area contributed by atoms with Crippen LogP contribution in [0, 0.1) is 6.92 Å². The first-order valence-corrected chi connectivity index (χ1v) is 11.8. The maximum atomic E-state index is 12.5. The van der Waals surface area contributed by atoms with Crippen LogP contribution in [-0.2, 0) is 4.79 Å². The fourth-order valence-electron chi connectivity index (χ4n) is 3.89. The van der Waals surface area contributed by atoms with Crippen molar-refractivity contribution >= 4 is 75.2 Å². The third kappa shape index (κ3) is 4.93. The predicted octanol–water partition coefficient (Wildman–Crippen LogP) is 7.51. The lowest BCUT2D eigenvalue weighted by Gasteiger charge is -2.14. The van der Waals surface area contributed by atoms with Crippen molar-refractivity contribution in [3.8, 4) is 0 Å². The van der Waals surface area contributed by atoms with Crippen molar-refractivity contribution in [3.05, 3.63) is 99.8 Å². The maximum absolute atomic E-state index is 12.5. The Hall–Kier alpha value is -4.20. The molecule has 0 unspecified atom stereocenters. The van der Waals surface area contributed by atoms with Crippen molar-refractivity contribution in [1.29, 1.82) is 0 Å². The smallest absolute Gasteiger partial charge is 0.323 e. The third-order valence-electron chi connectivity index (χ3n) is 5.70. The van der Waals surface area contributed by atoms with Crippen LogP contribution < -0.4 is 21.3 Å². The Bertz CT molecular complexity index is 1490. The number of carbonyl (C=O) groups is 2. The van der Waals surface area contributed by atoms with Crippen molar-refractivity contribution in [2.24, 2.45) is 0 Å². The summed E-state index contributed by atoms with van der Waals surface area (Å²) in [6.07, 6.45) is 3.64. The zero-order valence-electron chi connectivity index (χ0n) is 19.1. The molecule has 1 aliphatic rings.